The number of hydrogen-bond donors (Lipinski definition) is 4. The Bertz CT molecular complexity index is 1040. The Balaban J connectivity index is 1.44. The highest BCUT2D eigenvalue weighted by Crippen LogP contribution is 2.24. The fourth-order valence-electron chi connectivity index (χ4n) is 3.46. The van der Waals surface area contributed by atoms with Crippen LogP contribution < -0.4 is 21.0 Å². The Hall–Kier alpha value is -3.72. The van der Waals surface area contributed by atoms with E-state index in [1.165, 1.54) is 37.1 Å². The topological polar surface area (TPSA) is 102 Å². The second kappa shape index (κ2) is 9.40. The lowest BCUT2D eigenvalue weighted by molar-refractivity contribution is 0.0706. The fourth-order valence-corrected chi connectivity index (χ4v) is 3.46. The van der Waals surface area contributed by atoms with Gasteiger partial charge in [-0.2, -0.15) is 4.98 Å². The first-order chi connectivity index (χ1) is 15.1. The van der Waals surface area contributed by atoms with Gasteiger partial charge in [0.15, 0.2) is 11.6 Å². The number of halogens is 1. The maximum atomic E-state index is 14.2. The molecule has 1 aliphatic heterocycles. The number of rotatable bonds is 6. The van der Waals surface area contributed by atoms with E-state index in [0.717, 1.165) is 25.0 Å². The molecule has 1 aliphatic rings. The van der Waals surface area contributed by atoms with Gasteiger partial charge in [0.1, 0.15) is 0 Å². The molecule has 1 saturated heterocycles. The molecule has 0 spiro atoms. The summed E-state index contributed by atoms with van der Waals surface area (Å²) in [5, 5.41) is 14.6. The summed E-state index contributed by atoms with van der Waals surface area (Å²) in [6, 6.07) is 14.2. The molecule has 31 heavy (non-hydrogen) atoms. The van der Waals surface area contributed by atoms with Gasteiger partial charge in [-0.15, -0.1) is 0 Å². The zero-order valence-electron chi connectivity index (χ0n) is 16.8. The van der Waals surface area contributed by atoms with Gasteiger partial charge in [-0.25, -0.2) is 14.9 Å². The summed E-state index contributed by atoms with van der Waals surface area (Å²) in [6.45, 7) is 2.16. The van der Waals surface area contributed by atoms with Gasteiger partial charge in [-0.1, -0.05) is 0 Å². The largest absolute Gasteiger partial charge is 0.372 e. The van der Waals surface area contributed by atoms with Gasteiger partial charge < -0.3 is 15.5 Å². The SMILES string of the molecule is O=C(NO)c1ccc(Nc2nc(Nc3ccc(N4CCCCC4)cc3)ncc2F)cc1. The van der Waals surface area contributed by atoms with Crippen LogP contribution in [0.15, 0.2) is 54.7 Å². The molecule has 9 heteroatoms. The van der Waals surface area contributed by atoms with E-state index >= 15 is 0 Å². The quantitative estimate of drug-likeness (QED) is 0.349. The van der Waals surface area contributed by atoms with Crippen LogP contribution in [0.5, 0.6) is 0 Å². The van der Waals surface area contributed by atoms with Gasteiger partial charge in [-0.05, 0) is 67.8 Å². The average molecular weight is 422 g/mol. The maximum Gasteiger partial charge on any atom is 0.274 e. The van der Waals surface area contributed by atoms with Gasteiger partial charge in [0.2, 0.25) is 5.95 Å². The van der Waals surface area contributed by atoms with Crippen molar-refractivity contribution in [1.29, 1.82) is 0 Å². The molecule has 0 unspecified atom stereocenters. The summed E-state index contributed by atoms with van der Waals surface area (Å²) in [5.41, 5.74) is 4.35. The van der Waals surface area contributed by atoms with Crippen LogP contribution in [0.4, 0.5) is 33.2 Å². The molecule has 0 saturated carbocycles. The summed E-state index contributed by atoms with van der Waals surface area (Å²) in [6.07, 6.45) is 4.82. The van der Waals surface area contributed by atoms with Crippen LogP contribution in [0.1, 0.15) is 29.6 Å². The third kappa shape index (κ3) is 5.07. The van der Waals surface area contributed by atoms with Gasteiger partial charge >= 0.3 is 0 Å². The highest BCUT2D eigenvalue weighted by Gasteiger charge is 2.12. The van der Waals surface area contributed by atoms with Crippen LogP contribution >= 0.6 is 0 Å². The van der Waals surface area contributed by atoms with E-state index in [1.54, 1.807) is 17.6 Å². The van der Waals surface area contributed by atoms with E-state index in [-0.39, 0.29) is 17.3 Å². The van der Waals surface area contributed by atoms with E-state index < -0.39 is 11.7 Å². The third-order valence-corrected chi connectivity index (χ3v) is 5.10. The fraction of sp³-hybridized carbons (Fsp3) is 0.227. The molecule has 160 valence electrons. The van der Waals surface area contributed by atoms with Crippen LogP contribution in [0.2, 0.25) is 0 Å². The molecule has 0 atom stereocenters. The van der Waals surface area contributed by atoms with Crippen LogP contribution in [0.3, 0.4) is 0 Å². The first kappa shape index (κ1) is 20.5. The van der Waals surface area contributed by atoms with E-state index in [0.29, 0.717) is 5.69 Å². The zero-order chi connectivity index (χ0) is 21.6. The monoisotopic (exact) mass is 422 g/mol. The Morgan fingerprint density at radius 2 is 1.58 bits per heavy atom. The molecule has 8 nitrogen and oxygen atoms in total. The molecule has 0 bridgehead atoms. The second-order valence-electron chi connectivity index (χ2n) is 7.25. The standard InChI is InChI=1S/C22H23FN6O2/c23-19-14-24-22(26-17-8-10-18(11-9-17)29-12-2-1-3-13-29)27-20(19)25-16-6-4-15(5-7-16)21(30)28-31/h4-11,14,31H,1-3,12-13H2,(H,28,30)(H2,24,25,26,27). The van der Waals surface area contributed by atoms with E-state index in [9.17, 15) is 9.18 Å². The normalized spacial score (nSPS) is 13.5. The summed E-state index contributed by atoms with van der Waals surface area (Å²) >= 11 is 0. The van der Waals surface area contributed by atoms with Gasteiger partial charge in [0.25, 0.3) is 5.91 Å². The van der Waals surface area contributed by atoms with E-state index in [4.69, 9.17) is 5.21 Å². The minimum absolute atomic E-state index is 0.00166. The highest BCUT2D eigenvalue weighted by atomic mass is 19.1. The lowest BCUT2D eigenvalue weighted by Crippen LogP contribution is -2.29. The number of hydrogen-bond acceptors (Lipinski definition) is 7. The molecule has 0 radical (unpaired) electrons. The molecule has 2 aromatic carbocycles. The minimum atomic E-state index is -0.627. The number of aromatic nitrogens is 2. The third-order valence-electron chi connectivity index (χ3n) is 5.10. The number of amides is 1. The van der Waals surface area contributed by atoms with Crippen molar-refractivity contribution in [1.82, 2.24) is 15.4 Å². The zero-order valence-corrected chi connectivity index (χ0v) is 16.8. The van der Waals surface area contributed by atoms with Crippen LogP contribution in [-0.4, -0.2) is 34.2 Å². The number of piperidine rings is 1. The van der Waals surface area contributed by atoms with E-state index in [1.807, 2.05) is 12.1 Å². The number of nitrogens with one attached hydrogen (secondary N) is 3. The Morgan fingerprint density at radius 1 is 0.935 bits per heavy atom. The Labute approximate surface area is 179 Å². The summed E-state index contributed by atoms with van der Waals surface area (Å²) < 4.78 is 14.2. The second-order valence-corrected chi connectivity index (χ2v) is 7.25. The molecule has 1 aromatic heterocycles. The first-order valence-electron chi connectivity index (χ1n) is 10.1. The van der Waals surface area contributed by atoms with Crippen molar-refractivity contribution in [3.8, 4) is 0 Å². The number of nitrogens with zero attached hydrogens (tertiary/aromatic N) is 3. The smallest absolute Gasteiger partial charge is 0.274 e. The van der Waals surface area contributed by atoms with Gasteiger partial charge in [-0.3, -0.25) is 10.0 Å². The van der Waals surface area contributed by atoms with Crippen molar-refractivity contribution in [2.24, 2.45) is 0 Å². The summed E-state index contributed by atoms with van der Waals surface area (Å²) in [7, 11) is 0. The molecule has 1 amide bonds. The first-order valence-corrected chi connectivity index (χ1v) is 10.1. The molecule has 4 N–H and O–H groups in total. The van der Waals surface area contributed by atoms with Crippen LogP contribution in [0, 0.1) is 5.82 Å². The van der Waals surface area contributed by atoms with Crippen molar-refractivity contribution in [3.63, 3.8) is 0 Å². The predicted octanol–water partition coefficient (Wildman–Crippen LogP) is 4.21. The van der Waals surface area contributed by atoms with Crippen molar-refractivity contribution >= 4 is 34.7 Å². The molecule has 3 aromatic rings. The molecule has 4 rings (SSSR count). The summed E-state index contributed by atoms with van der Waals surface area (Å²) in [4.78, 5) is 22.0. The van der Waals surface area contributed by atoms with E-state index in [2.05, 4.69) is 37.6 Å². The minimum Gasteiger partial charge on any atom is -0.372 e. The number of benzene rings is 2. The van der Waals surface area contributed by atoms with Crippen LogP contribution in [-0.2, 0) is 0 Å². The van der Waals surface area contributed by atoms with Crippen molar-refractivity contribution in [2.45, 2.75) is 19.3 Å². The van der Waals surface area contributed by atoms with Crippen molar-refractivity contribution < 1.29 is 14.4 Å². The van der Waals surface area contributed by atoms with Crippen molar-refractivity contribution in [2.75, 3.05) is 28.6 Å². The van der Waals surface area contributed by atoms with Crippen molar-refractivity contribution in [3.05, 3.63) is 66.1 Å². The average Bonchev–Trinajstić information content (AvgIpc) is 2.82. The number of hydroxylamine groups is 1. The molecular weight excluding hydrogens is 399 g/mol. The summed E-state index contributed by atoms with van der Waals surface area (Å²) in [5.74, 6) is -0.978. The molecular formula is C22H23FN6O2. The molecule has 1 fully saturated rings. The van der Waals surface area contributed by atoms with Gasteiger partial charge in [0.05, 0.1) is 6.20 Å². The number of carbonyl (C=O) groups is 1. The van der Waals surface area contributed by atoms with Crippen LogP contribution in [0.25, 0.3) is 0 Å². The number of anilines is 5. The highest BCUT2D eigenvalue weighted by molar-refractivity contribution is 5.93. The van der Waals surface area contributed by atoms with Gasteiger partial charge in [0, 0.05) is 35.7 Å². The lowest BCUT2D eigenvalue weighted by atomic mass is 10.1. The lowest BCUT2D eigenvalue weighted by Gasteiger charge is -2.28. The Kier molecular flexibility index (Phi) is 6.23. The number of carbonyl (C=O) groups excluding carboxylic acids is 1. The maximum absolute atomic E-state index is 14.2. The Morgan fingerprint density at radius 3 is 2.26 bits per heavy atom. The molecule has 2 heterocycles. The predicted molar refractivity (Wildman–Crippen MR) is 117 cm³/mol. The molecule has 0 aliphatic carbocycles.